The van der Waals surface area contributed by atoms with E-state index in [1.807, 2.05) is 0 Å². The van der Waals surface area contributed by atoms with Crippen molar-refractivity contribution in [2.75, 3.05) is 14.2 Å². The Kier molecular flexibility index (Phi) is 7.69. The molecule has 0 aromatic carbocycles. The van der Waals surface area contributed by atoms with Crippen LogP contribution in [0, 0.1) is 0 Å². The highest BCUT2D eigenvalue weighted by Gasteiger charge is 2.27. The summed E-state index contributed by atoms with van der Waals surface area (Å²) in [5.74, 6) is -2.14. The molecule has 0 spiro atoms. The lowest BCUT2D eigenvalue weighted by Crippen LogP contribution is -2.45. The summed E-state index contributed by atoms with van der Waals surface area (Å²) in [5.41, 5.74) is 4.87. The maximum Gasteiger partial charge on any atom is 0.367 e. The molecule has 0 aromatic heterocycles. The summed E-state index contributed by atoms with van der Waals surface area (Å²) in [6.45, 7) is 0. The van der Waals surface area contributed by atoms with Crippen LogP contribution in [0.3, 0.4) is 0 Å². The molecule has 0 radical (unpaired) electrons. The minimum absolute atomic E-state index is 0.358. The van der Waals surface area contributed by atoms with Crippen molar-refractivity contribution >= 4 is 32.5 Å². The molecule has 0 bridgehead atoms. The largest absolute Gasteiger partial charge is 0.370 e. The number of carbonyl (C=O) groups excluding carboxylic acids is 2. The summed E-state index contributed by atoms with van der Waals surface area (Å²) < 4.78 is 53.9. The Balaban J connectivity index is 4.86. The molecule has 14 heteroatoms. The molecule has 124 valence electrons. The zero-order valence-corrected chi connectivity index (χ0v) is 12.7. The molecule has 0 aliphatic heterocycles. The van der Waals surface area contributed by atoms with Gasteiger partial charge in [0.2, 0.25) is 5.91 Å². The summed E-state index contributed by atoms with van der Waals surface area (Å²) in [6, 6.07) is -1.60. The lowest BCUT2D eigenvalue weighted by Gasteiger charge is -2.15. The molecule has 0 heterocycles. The van der Waals surface area contributed by atoms with Crippen LogP contribution in [-0.4, -0.2) is 49.0 Å². The maximum absolute atomic E-state index is 11.6. The van der Waals surface area contributed by atoms with Gasteiger partial charge in [-0.2, -0.15) is 21.6 Å². The molecule has 0 rings (SSSR count). The molecule has 0 aromatic rings. The van der Waals surface area contributed by atoms with E-state index in [4.69, 9.17) is 5.73 Å². The summed E-state index contributed by atoms with van der Waals surface area (Å²) in [7, 11) is -6.98. The van der Waals surface area contributed by atoms with Gasteiger partial charge in [0, 0.05) is 6.42 Å². The molecule has 0 fully saturated rings. The van der Waals surface area contributed by atoms with E-state index in [2.05, 4.69) is 13.2 Å². The predicted molar refractivity (Wildman–Crippen MR) is 66.4 cm³/mol. The van der Waals surface area contributed by atoms with Gasteiger partial charge >= 0.3 is 26.6 Å². The zero-order valence-electron chi connectivity index (χ0n) is 11.1. The van der Waals surface area contributed by atoms with Gasteiger partial charge in [-0.1, -0.05) is 0 Å². The first-order valence-corrected chi connectivity index (χ1v) is 7.99. The second kappa shape index (κ2) is 8.20. The second-order valence-electron chi connectivity index (χ2n) is 3.42. The van der Waals surface area contributed by atoms with Crippen molar-refractivity contribution in [3.05, 3.63) is 0 Å². The van der Waals surface area contributed by atoms with Crippen molar-refractivity contribution in [3.8, 4) is 0 Å². The maximum atomic E-state index is 11.6. The number of primary amides is 1. The Morgan fingerprint density at radius 1 is 1.10 bits per heavy atom. The van der Waals surface area contributed by atoms with Crippen LogP contribution in [0.5, 0.6) is 0 Å². The smallest absolute Gasteiger partial charge is 0.367 e. The molecular weight excluding hydrogens is 334 g/mol. The molecule has 0 saturated carbocycles. The van der Waals surface area contributed by atoms with Gasteiger partial charge in [0.25, 0.3) is 0 Å². The Morgan fingerprint density at radius 2 is 1.62 bits per heavy atom. The average molecular weight is 349 g/mol. The number of rotatable bonds is 10. The number of amides is 1. The van der Waals surface area contributed by atoms with E-state index >= 15 is 0 Å². The summed E-state index contributed by atoms with van der Waals surface area (Å²) in [4.78, 5) is 27.7. The molecule has 0 saturated heterocycles. The fourth-order valence-electron chi connectivity index (χ4n) is 0.931. The van der Waals surface area contributed by atoms with Crippen molar-refractivity contribution in [2.45, 2.75) is 18.9 Å². The molecule has 0 aliphatic carbocycles. The summed E-state index contributed by atoms with van der Waals surface area (Å²) in [5, 5.41) is 0. The Bertz CT molecular complexity index is 570. The Morgan fingerprint density at radius 3 is 2.05 bits per heavy atom. The molecule has 1 amide bonds. The molecular formula is C7H15N3O9S2. The number of nitrogens with one attached hydrogen (secondary N) is 2. The first-order valence-electron chi connectivity index (χ1n) is 5.17. The molecule has 4 N–H and O–H groups in total. The average Bonchev–Trinajstić information content (AvgIpc) is 2.40. The van der Waals surface area contributed by atoms with Gasteiger partial charge in [0.05, 0.1) is 14.2 Å². The van der Waals surface area contributed by atoms with Crippen LogP contribution in [-0.2, 0) is 43.4 Å². The van der Waals surface area contributed by atoms with Gasteiger partial charge in [0.15, 0.2) is 0 Å². The normalized spacial score (nSPS) is 13.6. The van der Waals surface area contributed by atoms with E-state index in [0.29, 0.717) is 0 Å². The van der Waals surface area contributed by atoms with E-state index < -0.39 is 38.5 Å². The number of hydrogen-bond acceptors (Lipinski definition) is 9. The molecule has 12 nitrogen and oxygen atoms in total. The monoisotopic (exact) mass is 349 g/mol. The number of carbonyl (C=O) groups is 2. The topological polar surface area (TPSA) is 180 Å². The first-order chi connectivity index (χ1) is 9.53. The van der Waals surface area contributed by atoms with Gasteiger partial charge in [-0.25, -0.2) is 4.79 Å². The lowest BCUT2D eigenvalue weighted by atomic mass is 10.2. The highest BCUT2D eigenvalue weighted by atomic mass is 32.2. The van der Waals surface area contributed by atoms with Crippen LogP contribution in [0.2, 0.25) is 0 Å². The van der Waals surface area contributed by atoms with Crippen LogP contribution < -0.4 is 15.3 Å². The first kappa shape index (κ1) is 19.7. The minimum atomic E-state index is -4.32. The predicted octanol–water partition coefficient (Wildman–Crippen LogP) is -2.96. The summed E-state index contributed by atoms with van der Waals surface area (Å²) >= 11 is 0. The van der Waals surface area contributed by atoms with Crippen molar-refractivity contribution in [1.82, 2.24) is 9.61 Å². The zero-order chi connectivity index (χ0) is 16.7. The Hall–Kier alpha value is -1.32. The van der Waals surface area contributed by atoms with Gasteiger partial charge < -0.3 is 10.6 Å². The van der Waals surface area contributed by atoms with Crippen molar-refractivity contribution < 1.29 is 39.6 Å². The van der Waals surface area contributed by atoms with Crippen LogP contribution in [0.1, 0.15) is 12.8 Å². The van der Waals surface area contributed by atoms with Crippen LogP contribution in [0.15, 0.2) is 0 Å². The van der Waals surface area contributed by atoms with E-state index in [-0.39, 0.29) is 12.8 Å². The highest BCUT2D eigenvalue weighted by molar-refractivity contribution is 7.84. The minimum Gasteiger partial charge on any atom is -0.370 e. The van der Waals surface area contributed by atoms with Crippen LogP contribution >= 0.6 is 0 Å². The third-order valence-electron chi connectivity index (χ3n) is 1.93. The fourth-order valence-corrected chi connectivity index (χ4v) is 1.84. The van der Waals surface area contributed by atoms with Crippen LogP contribution in [0.4, 0.5) is 0 Å². The van der Waals surface area contributed by atoms with E-state index in [9.17, 15) is 26.4 Å². The fraction of sp³-hybridized carbons (Fsp3) is 0.714. The highest BCUT2D eigenvalue weighted by Crippen LogP contribution is 2.02. The van der Waals surface area contributed by atoms with Crippen molar-refractivity contribution in [3.63, 3.8) is 0 Å². The standard InChI is InChI=1S/C7H15N3O9S2/c1-17-20(13,14)9-5(3-4-6(8)11)7(12)19-10-21(15,16)18-2/h5,9-10H,3-4H2,1-2H3,(H2,8,11)/t5-/m1/s1. The van der Waals surface area contributed by atoms with Crippen molar-refractivity contribution in [2.24, 2.45) is 5.73 Å². The molecule has 1 atom stereocenters. The third kappa shape index (κ3) is 8.53. The van der Waals surface area contributed by atoms with Gasteiger partial charge in [0.1, 0.15) is 6.04 Å². The lowest BCUT2D eigenvalue weighted by molar-refractivity contribution is -0.149. The van der Waals surface area contributed by atoms with Gasteiger partial charge in [-0.3, -0.25) is 13.2 Å². The van der Waals surface area contributed by atoms with E-state index in [1.165, 1.54) is 4.89 Å². The Labute approximate surface area is 121 Å². The molecule has 0 unspecified atom stereocenters. The van der Waals surface area contributed by atoms with Gasteiger partial charge in [-0.15, -0.1) is 0 Å². The van der Waals surface area contributed by atoms with Crippen LogP contribution in [0.25, 0.3) is 0 Å². The second-order valence-corrected chi connectivity index (χ2v) is 6.31. The number of nitrogens with two attached hydrogens (primary N) is 1. The quantitative estimate of drug-likeness (QED) is 0.347. The van der Waals surface area contributed by atoms with Gasteiger partial charge in [-0.05, 0) is 11.3 Å². The van der Waals surface area contributed by atoms with Crippen molar-refractivity contribution in [1.29, 1.82) is 0 Å². The van der Waals surface area contributed by atoms with E-state index in [0.717, 1.165) is 14.2 Å². The SMILES string of the molecule is COS(=O)(=O)NOC(=O)[C@@H](CCC(N)=O)NS(=O)(=O)OC. The molecule has 0 aliphatic rings. The van der Waals surface area contributed by atoms with E-state index in [1.54, 1.807) is 4.72 Å². The molecule has 21 heavy (non-hydrogen) atoms. The number of hydrogen-bond donors (Lipinski definition) is 3. The third-order valence-corrected chi connectivity index (χ3v) is 3.67. The summed E-state index contributed by atoms with van der Waals surface area (Å²) in [6.07, 6.45) is -0.728.